The molecule has 0 spiro atoms. The third-order valence-electron chi connectivity index (χ3n) is 7.19. The summed E-state index contributed by atoms with van der Waals surface area (Å²) in [5.74, 6) is 1.24. The SMILES string of the molecule is CCc1ccccc1N=C1S/C(=C/c2ccc(OCc3ccccc3Cl)c(OC)c2)C(=O)N1C1CCCCC1. The molecule has 1 heterocycles. The number of benzene rings is 3. The van der Waals surface area contributed by atoms with Gasteiger partial charge in [0.25, 0.3) is 5.91 Å². The van der Waals surface area contributed by atoms with Gasteiger partial charge < -0.3 is 9.47 Å². The molecule has 0 bridgehead atoms. The molecule has 0 aromatic heterocycles. The molecular formula is C32H33ClN2O3S. The predicted octanol–water partition coefficient (Wildman–Crippen LogP) is 8.43. The first-order valence-electron chi connectivity index (χ1n) is 13.5. The summed E-state index contributed by atoms with van der Waals surface area (Å²) >= 11 is 7.74. The minimum atomic E-state index is 0.0256. The quantitative estimate of drug-likeness (QED) is 0.259. The van der Waals surface area contributed by atoms with Gasteiger partial charge in [0.1, 0.15) is 6.61 Å². The lowest BCUT2D eigenvalue weighted by Crippen LogP contribution is -2.40. The minimum absolute atomic E-state index is 0.0256. The van der Waals surface area contributed by atoms with Gasteiger partial charge in [-0.15, -0.1) is 0 Å². The molecular weight excluding hydrogens is 528 g/mol. The molecule has 1 saturated carbocycles. The molecule has 1 amide bonds. The van der Waals surface area contributed by atoms with E-state index in [4.69, 9.17) is 26.1 Å². The van der Waals surface area contributed by atoms with Crippen molar-refractivity contribution in [1.82, 2.24) is 4.90 Å². The summed E-state index contributed by atoms with van der Waals surface area (Å²) in [6.45, 7) is 2.46. The lowest BCUT2D eigenvalue weighted by molar-refractivity contribution is -0.124. The topological polar surface area (TPSA) is 51.1 Å². The van der Waals surface area contributed by atoms with E-state index < -0.39 is 0 Å². The van der Waals surface area contributed by atoms with Gasteiger partial charge in [0, 0.05) is 16.6 Å². The monoisotopic (exact) mass is 560 g/mol. The number of rotatable bonds is 8. The number of aryl methyl sites for hydroxylation is 1. The largest absolute Gasteiger partial charge is 0.493 e. The van der Waals surface area contributed by atoms with Crippen molar-refractivity contribution in [3.05, 3.63) is 93.3 Å². The van der Waals surface area contributed by atoms with Crippen LogP contribution >= 0.6 is 23.4 Å². The number of para-hydroxylation sites is 1. The number of carbonyl (C=O) groups is 1. The van der Waals surface area contributed by atoms with Gasteiger partial charge >= 0.3 is 0 Å². The number of aliphatic imine (C=N–C) groups is 1. The Hall–Kier alpha value is -3.22. The van der Waals surface area contributed by atoms with Gasteiger partial charge in [-0.05, 0) is 72.5 Å². The molecule has 3 aromatic carbocycles. The predicted molar refractivity (Wildman–Crippen MR) is 161 cm³/mol. The smallest absolute Gasteiger partial charge is 0.267 e. The zero-order chi connectivity index (χ0) is 27.2. The van der Waals surface area contributed by atoms with Gasteiger partial charge in [-0.1, -0.05) is 80.3 Å². The number of hydrogen-bond donors (Lipinski definition) is 0. The summed E-state index contributed by atoms with van der Waals surface area (Å²) in [5, 5.41) is 1.43. The molecule has 2 aliphatic rings. The van der Waals surface area contributed by atoms with E-state index in [2.05, 4.69) is 13.0 Å². The first kappa shape index (κ1) is 27.4. The second kappa shape index (κ2) is 12.8. The van der Waals surface area contributed by atoms with Crippen LogP contribution in [-0.2, 0) is 17.8 Å². The third kappa shape index (κ3) is 6.34. The van der Waals surface area contributed by atoms with Gasteiger partial charge in [0.2, 0.25) is 0 Å². The highest BCUT2D eigenvalue weighted by molar-refractivity contribution is 8.18. The number of amidine groups is 1. The molecule has 1 aliphatic heterocycles. The number of methoxy groups -OCH3 is 1. The van der Waals surface area contributed by atoms with Crippen LogP contribution in [0.3, 0.4) is 0 Å². The third-order valence-corrected chi connectivity index (χ3v) is 8.54. The Kier molecular flexibility index (Phi) is 8.95. The lowest BCUT2D eigenvalue weighted by Gasteiger charge is -2.30. The van der Waals surface area contributed by atoms with Crippen LogP contribution < -0.4 is 9.47 Å². The Morgan fingerprint density at radius 2 is 1.74 bits per heavy atom. The molecule has 0 radical (unpaired) electrons. The number of halogens is 1. The van der Waals surface area contributed by atoms with E-state index in [9.17, 15) is 4.79 Å². The van der Waals surface area contributed by atoms with E-state index in [1.807, 2.05) is 71.6 Å². The number of amides is 1. The lowest BCUT2D eigenvalue weighted by atomic mass is 9.94. The molecule has 2 fully saturated rings. The van der Waals surface area contributed by atoms with Crippen molar-refractivity contribution in [2.45, 2.75) is 58.1 Å². The van der Waals surface area contributed by atoms with E-state index in [1.54, 1.807) is 7.11 Å². The number of ether oxygens (including phenoxy) is 2. The van der Waals surface area contributed by atoms with Gasteiger partial charge in [-0.3, -0.25) is 9.69 Å². The summed E-state index contributed by atoms with van der Waals surface area (Å²) in [6.07, 6.45) is 8.36. The van der Waals surface area contributed by atoms with Crippen LogP contribution in [0.25, 0.3) is 6.08 Å². The van der Waals surface area contributed by atoms with Crippen LogP contribution in [-0.4, -0.2) is 29.1 Å². The van der Waals surface area contributed by atoms with E-state index in [0.717, 1.165) is 54.1 Å². The van der Waals surface area contributed by atoms with E-state index >= 15 is 0 Å². The van der Waals surface area contributed by atoms with Crippen LogP contribution in [0.2, 0.25) is 5.02 Å². The van der Waals surface area contributed by atoms with Crippen LogP contribution in [0, 0.1) is 0 Å². The summed E-state index contributed by atoms with van der Waals surface area (Å²) in [4.78, 5) is 21.4. The Morgan fingerprint density at radius 1 is 1.00 bits per heavy atom. The highest BCUT2D eigenvalue weighted by Gasteiger charge is 2.38. The fourth-order valence-corrected chi connectivity index (χ4v) is 6.31. The molecule has 5 nitrogen and oxygen atoms in total. The number of thioether (sulfide) groups is 1. The Bertz CT molecular complexity index is 1400. The first-order valence-corrected chi connectivity index (χ1v) is 14.7. The minimum Gasteiger partial charge on any atom is -0.493 e. The molecule has 5 rings (SSSR count). The molecule has 39 heavy (non-hydrogen) atoms. The van der Waals surface area contributed by atoms with Gasteiger partial charge in [0.15, 0.2) is 16.7 Å². The molecule has 202 valence electrons. The van der Waals surface area contributed by atoms with Gasteiger partial charge in [-0.25, -0.2) is 4.99 Å². The van der Waals surface area contributed by atoms with Crippen LogP contribution in [0.4, 0.5) is 5.69 Å². The van der Waals surface area contributed by atoms with Crippen LogP contribution in [0.5, 0.6) is 11.5 Å². The Morgan fingerprint density at radius 3 is 2.49 bits per heavy atom. The van der Waals surface area contributed by atoms with Crippen molar-refractivity contribution in [3.8, 4) is 11.5 Å². The van der Waals surface area contributed by atoms with E-state index in [0.29, 0.717) is 28.0 Å². The standard InChI is InChI=1S/C32H33ClN2O3S/c1-3-23-11-8-10-16-27(23)34-32-35(25-13-5-4-6-14-25)31(36)30(39-32)20-22-17-18-28(29(19-22)37-2)38-21-24-12-7-9-15-26(24)33/h7-12,15-20,25H,3-6,13-14,21H2,1-2H3/b30-20+,34-32?. The second-order valence-corrected chi connectivity index (χ2v) is 11.2. The van der Waals surface area contributed by atoms with Gasteiger partial charge in [-0.2, -0.15) is 0 Å². The van der Waals surface area contributed by atoms with Crippen molar-refractivity contribution in [3.63, 3.8) is 0 Å². The molecule has 1 saturated heterocycles. The molecule has 0 unspecified atom stereocenters. The summed E-state index contributed by atoms with van der Waals surface area (Å²) in [6, 6.07) is 21.7. The molecule has 0 N–H and O–H groups in total. The van der Waals surface area contributed by atoms with Crippen molar-refractivity contribution >= 4 is 46.2 Å². The van der Waals surface area contributed by atoms with Crippen LogP contribution in [0.15, 0.2) is 76.6 Å². The first-order chi connectivity index (χ1) is 19.1. The van der Waals surface area contributed by atoms with E-state index in [1.165, 1.54) is 23.7 Å². The summed E-state index contributed by atoms with van der Waals surface area (Å²) in [7, 11) is 1.62. The highest BCUT2D eigenvalue weighted by atomic mass is 35.5. The maximum absolute atomic E-state index is 13.8. The molecule has 7 heteroatoms. The maximum Gasteiger partial charge on any atom is 0.267 e. The van der Waals surface area contributed by atoms with Crippen molar-refractivity contribution in [2.24, 2.45) is 4.99 Å². The van der Waals surface area contributed by atoms with Crippen LogP contribution in [0.1, 0.15) is 55.7 Å². The average Bonchev–Trinajstić information content (AvgIpc) is 3.27. The fourth-order valence-electron chi connectivity index (χ4n) is 5.06. The van der Waals surface area contributed by atoms with Crippen molar-refractivity contribution in [1.29, 1.82) is 0 Å². The molecule has 1 aliphatic carbocycles. The van der Waals surface area contributed by atoms with E-state index in [-0.39, 0.29) is 11.9 Å². The number of carbonyl (C=O) groups excluding carboxylic acids is 1. The zero-order valence-corrected chi connectivity index (χ0v) is 23.9. The summed E-state index contributed by atoms with van der Waals surface area (Å²) < 4.78 is 11.6. The normalized spacial score (nSPS) is 18.2. The number of hydrogen-bond acceptors (Lipinski definition) is 5. The average molecular weight is 561 g/mol. The second-order valence-electron chi connectivity index (χ2n) is 9.74. The highest BCUT2D eigenvalue weighted by Crippen LogP contribution is 2.40. The van der Waals surface area contributed by atoms with Gasteiger partial charge in [0.05, 0.1) is 17.7 Å². The Labute approximate surface area is 239 Å². The maximum atomic E-state index is 13.8. The zero-order valence-electron chi connectivity index (χ0n) is 22.4. The number of nitrogens with zero attached hydrogens (tertiary/aromatic N) is 2. The Balaban J connectivity index is 1.42. The van der Waals surface area contributed by atoms with Crippen molar-refractivity contribution in [2.75, 3.05) is 7.11 Å². The van der Waals surface area contributed by atoms with Crippen molar-refractivity contribution < 1.29 is 14.3 Å². The summed E-state index contributed by atoms with van der Waals surface area (Å²) in [5.41, 5.74) is 3.88. The molecule has 3 aromatic rings. The molecule has 0 atom stereocenters. The fraction of sp³-hybridized carbons (Fsp3) is 0.312.